The van der Waals surface area contributed by atoms with E-state index >= 15 is 0 Å². The number of carboxylic acid groups (broad SMARTS) is 1. The fourth-order valence-electron chi connectivity index (χ4n) is 1.48. The number of halogens is 7. The van der Waals surface area contributed by atoms with Gasteiger partial charge >= 0.3 is 18.5 Å². The Bertz CT molecular complexity index is 543. The van der Waals surface area contributed by atoms with Gasteiger partial charge in [0.15, 0.2) is 0 Å². The first kappa shape index (κ1) is 17.5. The predicted octanol–water partition coefficient (Wildman–Crippen LogP) is 3.52. The van der Waals surface area contributed by atoms with Crippen LogP contribution in [0, 0.1) is 0 Å². The van der Waals surface area contributed by atoms with Crippen molar-refractivity contribution in [3.05, 3.63) is 23.0 Å². The first-order chi connectivity index (χ1) is 9.44. The molecule has 21 heavy (non-hydrogen) atoms. The van der Waals surface area contributed by atoms with Crippen LogP contribution >= 0.6 is 15.9 Å². The molecule has 1 N–H and O–H groups in total. The van der Waals surface area contributed by atoms with Crippen molar-refractivity contribution >= 4 is 21.9 Å². The van der Waals surface area contributed by atoms with Crippen molar-refractivity contribution < 1.29 is 41.0 Å². The summed E-state index contributed by atoms with van der Waals surface area (Å²) in [6, 6.07) is 0.455. The van der Waals surface area contributed by atoms with Crippen LogP contribution in [0.25, 0.3) is 0 Å². The molecule has 0 aliphatic rings. The van der Waals surface area contributed by atoms with Gasteiger partial charge in [-0.1, -0.05) is 15.9 Å². The van der Waals surface area contributed by atoms with Crippen molar-refractivity contribution in [3.63, 3.8) is 0 Å². The molecule has 118 valence electrons. The van der Waals surface area contributed by atoms with Crippen LogP contribution in [-0.4, -0.2) is 22.4 Å². The zero-order valence-corrected chi connectivity index (χ0v) is 11.4. The first-order valence-electron chi connectivity index (χ1n) is 5.07. The molecule has 0 fully saturated rings. The van der Waals surface area contributed by atoms with E-state index in [1.165, 1.54) is 0 Å². The summed E-state index contributed by atoms with van der Waals surface area (Å²) >= 11 is 2.82. The van der Waals surface area contributed by atoms with Gasteiger partial charge in [-0.3, -0.25) is 9.78 Å². The molecule has 0 unspecified atom stereocenters. The fourth-order valence-corrected chi connectivity index (χ4v) is 1.76. The van der Waals surface area contributed by atoms with Gasteiger partial charge in [0.25, 0.3) is 0 Å². The molecule has 11 heteroatoms. The van der Waals surface area contributed by atoms with Gasteiger partial charge in [0.05, 0.1) is 17.8 Å². The molecule has 0 atom stereocenters. The number of hydrogen-bond acceptors (Lipinski definition) is 3. The summed E-state index contributed by atoms with van der Waals surface area (Å²) in [5, 5.41) is 8.39. The summed E-state index contributed by atoms with van der Waals surface area (Å²) < 4.78 is 78.6. The molecule has 0 aliphatic carbocycles. The van der Waals surface area contributed by atoms with Crippen LogP contribution in [0.2, 0.25) is 0 Å². The molecule has 0 spiro atoms. The first-order valence-corrected chi connectivity index (χ1v) is 6.19. The molecule has 0 radical (unpaired) electrons. The van der Waals surface area contributed by atoms with Gasteiger partial charge in [0.2, 0.25) is 0 Å². The molecule has 0 bridgehead atoms. The van der Waals surface area contributed by atoms with E-state index in [9.17, 15) is 31.1 Å². The summed E-state index contributed by atoms with van der Waals surface area (Å²) in [5.74, 6) is -3.20. The monoisotopic (exact) mass is 381 g/mol. The van der Waals surface area contributed by atoms with E-state index in [0.29, 0.717) is 6.07 Å². The molecule has 0 saturated heterocycles. The minimum atomic E-state index is -5.36. The number of hydrogen-bond donors (Lipinski definition) is 1. The highest BCUT2D eigenvalue weighted by Gasteiger charge is 2.42. The van der Waals surface area contributed by atoms with E-state index in [4.69, 9.17) is 5.11 Å². The number of carbonyl (C=O) groups is 1. The van der Waals surface area contributed by atoms with Crippen molar-refractivity contribution in [1.29, 1.82) is 0 Å². The number of aromatic nitrogens is 1. The smallest absolute Gasteiger partial charge is 0.481 e. The molecular weight excluding hydrogens is 376 g/mol. The summed E-state index contributed by atoms with van der Waals surface area (Å²) in [5.41, 5.74) is -3.13. The van der Waals surface area contributed by atoms with Crippen LogP contribution in [0.5, 0.6) is 5.75 Å². The highest BCUT2D eigenvalue weighted by atomic mass is 79.9. The molecule has 0 saturated carbocycles. The topological polar surface area (TPSA) is 59.4 Å². The average Bonchev–Trinajstić information content (AvgIpc) is 2.23. The van der Waals surface area contributed by atoms with Crippen molar-refractivity contribution in [2.45, 2.75) is 24.3 Å². The number of aliphatic carboxylic acids is 1. The third-order valence-electron chi connectivity index (χ3n) is 2.08. The number of rotatable bonds is 4. The SMILES string of the molecule is O=C(O)Cc1nc(CBr)cc(OC(F)(F)F)c1C(F)(F)F. The highest BCUT2D eigenvalue weighted by molar-refractivity contribution is 9.08. The minimum Gasteiger partial charge on any atom is -0.481 e. The number of ether oxygens (including phenoxy) is 1. The summed E-state index contributed by atoms with van der Waals surface area (Å²) in [6.45, 7) is 0. The zero-order valence-electron chi connectivity index (χ0n) is 9.85. The van der Waals surface area contributed by atoms with E-state index in [-0.39, 0.29) is 11.0 Å². The quantitative estimate of drug-likeness (QED) is 0.640. The predicted molar refractivity (Wildman–Crippen MR) is 59.9 cm³/mol. The second kappa shape index (κ2) is 6.08. The molecule has 1 rings (SSSR count). The summed E-state index contributed by atoms with van der Waals surface area (Å²) in [6.07, 6.45) is -11.8. The van der Waals surface area contributed by atoms with Gasteiger partial charge in [0.1, 0.15) is 11.3 Å². The van der Waals surface area contributed by atoms with Crippen molar-refractivity contribution in [2.75, 3.05) is 0 Å². The van der Waals surface area contributed by atoms with Gasteiger partial charge < -0.3 is 9.84 Å². The second-order valence-corrected chi connectivity index (χ2v) is 4.24. The van der Waals surface area contributed by atoms with Crippen LogP contribution in [0.15, 0.2) is 6.07 Å². The Labute approximate surface area is 121 Å². The second-order valence-electron chi connectivity index (χ2n) is 3.68. The maximum absolute atomic E-state index is 12.9. The van der Waals surface area contributed by atoms with E-state index in [0.717, 1.165) is 0 Å². The van der Waals surface area contributed by atoms with Crippen LogP contribution < -0.4 is 4.74 Å². The van der Waals surface area contributed by atoms with Gasteiger partial charge in [-0.15, -0.1) is 13.2 Å². The van der Waals surface area contributed by atoms with Crippen LogP contribution in [0.1, 0.15) is 17.0 Å². The standard InChI is InChI=1S/C10H6BrF6NO3/c11-3-4-1-6(21-10(15,16)17)8(9(12,13)14)5(18-4)2-7(19)20/h1H,2-3H2,(H,19,20). The maximum Gasteiger partial charge on any atom is 0.573 e. The summed E-state index contributed by atoms with van der Waals surface area (Å²) in [7, 11) is 0. The van der Waals surface area contributed by atoms with E-state index in [1.54, 1.807) is 0 Å². The molecule has 0 amide bonds. The number of alkyl halides is 7. The number of pyridine rings is 1. The Balaban J connectivity index is 3.54. The van der Waals surface area contributed by atoms with Crippen molar-refractivity contribution in [3.8, 4) is 5.75 Å². The lowest BCUT2D eigenvalue weighted by molar-refractivity contribution is -0.276. The largest absolute Gasteiger partial charge is 0.573 e. The van der Waals surface area contributed by atoms with Crippen LogP contribution in [0.4, 0.5) is 26.3 Å². The molecular formula is C10H6BrF6NO3. The third kappa shape index (κ3) is 5.06. The fraction of sp³-hybridized carbons (Fsp3) is 0.400. The Hall–Kier alpha value is -1.52. The molecule has 1 heterocycles. The molecule has 4 nitrogen and oxygen atoms in total. The number of carboxylic acids is 1. The molecule has 0 aliphatic heterocycles. The Kier molecular flexibility index (Phi) is 5.07. The molecule has 1 aromatic heterocycles. The van der Waals surface area contributed by atoms with Gasteiger partial charge in [-0.25, -0.2) is 0 Å². The Morgan fingerprint density at radius 1 is 1.29 bits per heavy atom. The maximum atomic E-state index is 12.9. The van der Waals surface area contributed by atoms with E-state index in [2.05, 4.69) is 25.7 Å². The van der Waals surface area contributed by atoms with E-state index < -0.39 is 41.9 Å². The lowest BCUT2D eigenvalue weighted by Gasteiger charge is -2.18. The minimum absolute atomic E-state index is 0.175. The lowest BCUT2D eigenvalue weighted by Crippen LogP contribution is -2.23. The van der Waals surface area contributed by atoms with Gasteiger partial charge in [-0.05, 0) is 0 Å². The Morgan fingerprint density at radius 3 is 2.24 bits per heavy atom. The van der Waals surface area contributed by atoms with E-state index in [1.807, 2.05) is 0 Å². The Morgan fingerprint density at radius 2 is 1.86 bits per heavy atom. The van der Waals surface area contributed by atoms with Crippen LogP contribution in [0.3, 0.4) is 0 Å². The van der Waals surface area contributed by atoms with Crippen molar-refractivity contribution in [1.82, 2.24) is 4.98 Å². The van der Waals surface area contributed by atoms with Crippen molar-refractivity contribution in [2.24, 2.45) is 0 Å². The molecule has 0 aromatic carbocycles. The van der Waals surface area contributed by atoms with Gasteiger partial charge in [-0.2, -0.15) is 13.2 Å². The lowest BCUT2D eigenvalue weighted by atomic mass is 10.1. The zero-order chi connectivity index (χ0) is 16.4. The average molecular weight is 382 g/mol. The summed E-state index contributed by atoms with van der Waals surface area (Å²) in [4.78, 5) is 14.0. The van der Waals surface area contributed by atoms with Gasteiger partial charge in [0, 0.05) is 11.4 Å². The van der Waals surface area contributed by atoms with Crippen LogP contribution in [-0.2, 0) is 22.7 Å². The third-order valence-corrected chi connectivity index (χ3v) is 2.65. The highest BCUT2D eigenvalue weighted by Crippen LogP contribution is 2.41. The normalized spacial score (nSPS) is 12.3. The molecule has 1 aromatic rings. The number of nitrogens with zero attached hydrogens (tertiary/aromatic N) is 1.